The standard InChI is InChI=1S/C9H19ClN2/c1-12(2)9-5-8-11-7-4-3-6-10/h3-4,11H,5-9H2,1-2H3/b4-3+. The van der Waals surface area contributed by atoms with E-state index in [1.54, 1.807) is 0 Å². The van der Waals surface area contributed by atoms with Crippen molar-refractivity contribution >= 4 is 11.6 Å². The van der Waals surface area contributed by atoms with Crippen LogP contribution >= 0.6 is 11.6 Å². The molecule has 0 aliphatic rings. The van der Waals surface area contributed by atoms with E-state index in [0.717, 1.165) is 19.6 Å². The molecule has 0 aromatic heterocycles. The van der Waals surface area contributed by atoms with Crippen LogP contribution in [0.4, 0.5) is 0 Å². The van der Waals surface area contributed by atoms with Gasteiger partial charge in [0, 0.05) is 12.4 Å². The smallest absolute Gasteiger partial charge is 0.0404 e. The third kappa shape index (κ3) is 9.95. The predicted molar refractivity (Wildman–Crippen MR) is 55.9 cm³/mol. The molecule has 0 spiro atoms. The summed E-state index contributed by atoms with van der Waals surface area (Å²) in [6, 6.07) is 0. The van der Waals surface area contributed by atoms with Crippen LogP contribution in [-0.2, 0) is 0 Å². The second-order valence-corrected chi connectivity index (χ2v) is 3.30. The maximum atomic E-state index is 5.46. The lowest BCUT2D eigenvalue weighted by molar-refractivity contribution is 0.396. The Kier molecular flexibility index (Phi) is 9.00. The van der Waals surface area contributed by atoms with E-state index in [-0.39, 0.29) is 0 Å². The van der Waals surface area contributed by atoms with Gasteiger partial charge in [-0.25, -0.2) is 0 Å². The van der Waals surface area contributed by atoms with Crippen molar-refractivity contribution in [3.63, 3.8) is 0 Å². The fourth-order valence-corrected chi connectivity index (χ4v) is 0.978. The Morgan fingerprint density at radius 2 is 2.08 bits per heavy atom. The number of hydrogen-bond donors (Lipinski definition) is 1. The monoisotopic (exact) mass is 190 g/mol. The van der Waals surface area contributed by atoms with Crippen molar-refractivity contribution in [2.24, 2.45) is 0 Å². The summed E-state index contributed by atoms with van der Waals surface area (Å²) in [5.74, 6) is 0.610. The second-order valence-electron chi connectivity index (χ2n) is 2.99. The molecule has 0 unspecified atom stereocenters. The minimum Gasteiger partial charge on any atom is -0.313 e. The van der Waals surface area contributed by atoms with E-state index >= 15 is 0 Å². The first-order valence-corrected chi connectivity index (χ1v) is 4.87. The number of rotatable bonds is 7. The zero-order valence-electron chi connectivity index (χ0n) is 8.02. The van der Waals surface area contributed by atoms with Gasteiger partial charge < -0.3 is 10.2 Å². The maximum Gasteiger partial charge on any atom is 0.0404 e. The van der Waals surface area contributed by atoms with Gasteiger partial charge in [-0.3, -0.25) is 0 Å². The van der Waals surface area contributed by atoms with E-state index in [1.165, 1.54) is 6.42 Å². The number of nitrogens with one attached hydrogen (secondary N) is 1. The Bertz CT molecular complexity index is 113. The van der Waals surface area contributed by atoms with Gasteiger partial charge in [-0.1, -0.05) is 12.2 Å². The van der Waals surface area contributed by atoms with Crippen molar-refractivity contribution in [1.82, 2.24) is 10.2 Å². The molecule has 0 heterocycles. The van der Waals surface area contributed by atoms with E-state index in [2.05, 4.69) is 30.4 Å². The van der Waals surface area contributed by atoms with E-state index in [4.69, 9.17) is 11.6 Å². The molecule has 3 heteroatoms. The number of halogens is 1. The highest BCUT2D eigenvalue weighted by molar-refractivity contribution is 6.18. The molecule has 0 bridgehead atoms. The Hall–Kier alpha value is -0.0500. The number of allylic oxidation sites excluding steroid dienone is 1. The third-order valence-electron chi connectivity index (χ3n) is 1.48. The normalized spacial score (nSPS) is 11.7. The van der Waals surface area contributed by atoms with Gasteiger partial charge in [0.15, 0.2) is 0 Å². The molecule has 2 nitrogen and oxygen atoms in total. The molecule has 0 aromatic carbocycles. The molecule has 0 radical (unpaired) electrons. The molecule has 0 rings (SSSR count). The molecular formula is C9H19ClN2. The topological polar surface area (TPSA) is 15.3 Å². The quantitative estimate of drug-likeness (QED) is 0.370. The summed E-state index contributed by atoms with van der Waals surface area (Å²) in [5, 5.41) is 3.30. The van der Waals surface area contributed by atoms with Gasteiger partial charge in [0.25, 0.3) is 0 Å². The van der Waals surface area contributed by atoms with Gasteiger partial charge in [0.05, 0.1) is 0 Å². The Labute approximate surface area is 80.6 Å². The summed E-state index contributed by atoms with van der Waals surface area (Å²) >= 11 is 5.46. The van der Waals surface area contributed by atoms with Crippen LogP contribution < -0.4 is 5.32 Å². The van der Waals surface area contributed by atoms with Gasteiger partial charge in [0.2, 0.25) is 0 Å². The maximum absolute atomic E-state index is 5.46. The largest absolute Gasteiger partial charge is 0.313 e. The summed E-state index contributed by atoms with van der Waals surface area (Å²) in [5.41, 5.74) is 0. The highest BCUT2D eigenvalue weighted by Gasteiger charge is 1.88. The summed E-state index contributed by atoms with van der Waals surface area (Å²) < 4.78 is 0. The van der Waals surface area contributed by atoms with Crippen molar-refractivity contribution < 1.29 is 0 Å². The van der Waals surface area contributed by atoms with Crippen LogP contribution in [0.5, 0.6) is 0 Å². The van der Waals surface area contributed by atoms with Crippen LogP contribution in [0, 0.1) is 0 Å². The summed E-state index contributed by atoms with van der Waals surface area (Å²) in [6.45, 7) is 3.15. The summed E-state index contributed by atoms with van der Waals surface area (Å²) in [4.78, 5) is 2.19. The van der Waals surface area contributed by atoms with Crippen molar-refractivity contribution in [2.45, 2.75) is 6.42 Å². The van der Waals surface area contributed by atoms with Gasteiger partial charge in [-0.15, -0.1) is 11.6 Å². The first kappa shape index (κ1) is 11.9. The zero-order valence-corrected chi connectivity index (χ0v) is 8.77. The van der Waals surface area contributed by atoms with Crippen LogP contribution in [0.1, 0.15) is 6.42 Å². The van der Waals surface area contributed by atoms with E-state index in [9.17, 15) is 0 Å². The average Bonchev–Trinajstić information content (AvgIpc) is 2.02. The fourth-order valence-electron chi connectivity index (χ4n) is 0.852. The molecule has 12 heavy (non-hydrogen) atoms. The van der Waals surface area contributed by atoms with Crippen LogP contribution in [0.2, 0.25) is 0 Å². The lowest BCUT2D eigenvalue weighted by atomic mass is 10.4. The molecule has 0 aliphatic carbocycles. The van der Waals surface area contributed by atoms with E-state index in [1.807, 2.05) is 6.08 Å². The van der Waals surface area contributed by atoms with Crippen LogP contribution in [0.3, 0.4) is 0 Å². The van der Waals surface area contributed by atoms with Gasteiger partial charge in [-0.05, 0) is 33.6 Å². The van der Waals surface area contributed by atoms with Crippen molar-refractivity contribution in [2.75, 3.05) is 39.6 Å². The summed E-state index contributed by atoms with van der Waals surface area (Å²) in [6.07, 6.45) is 5.21. The van der Waals surface area contributed by atoms with Crippen LogP contribution in [0.15, 0.2) is 12.2 Å². The molecule has 0 saturated heterocycles. The molecule has 0 atom stereocenters. The summed E-state index contributed by atoms with van der Waals surface area (Å²) in [7, 11) is 4.18. The lowest BCUT2D eigenvalue weighted by Crippen LogP contribution is -2.21. The average molecular weight is 191 g/mol. The first-order valence-electron chi connectivity index (χ1n) is 4.33. The lowest BCUT2D eigenvalue weighted by Gasteiger charge is -2.08. The molecule has 0 fully saturated rings. The molecular weight excluding hydrogens is 172 g/mol. The fraction of sp³-hybridized carbons (Fsp3) is 0.778. The minimum absolute atomic E-state index is 0.610. The SMILES string of the molecule is CN(C)CCCNC/C=C/CCl. The predicted octanol–water partition coefficient (Wildman–Crippen LogP) is 1.32. The molecule has 72 valence electrons. The van der Waals surface area contributed by atoms with Gasteiger partial charge >= 0.3 is 0 Å². The van der Waals surface area contributed by atoms with E-state index in [0.29, 0.717) is 5.88 Å². The second kappa shape index (κ2) is 9.04. The molecule has 0 saturated carbocycles. The molecule has 0 aliphatic heterocycles. The third-order valence-corrected chi connectivity index (χ3v) is 1.65. The number of hydrogen-bond acceptors (Lipinski definition) is 2. The number of alkyl halides is 1. The van der Waals surface area contributed by atoms with Crippen molar-refractivity contribution in [1.29, 1.82) is 0 Å². The Morgan fingerprint density at radius 3 is 2.67 bits per heavy atom. The van der Waals surface area contributed by atoms with Crippen molar-refractivity contribution in [3.05, 3.63) is 12.2 Å². The molecule has 1 N–H and O–H groups in total. The zero-order chi connectivity index (χ0) is 9.23. The molecule has 0 aromatic rings. The highest BCUT2D eigenvalue weighted by Crippen LogP contribution is 1.81. The first-order chi connectivity index (χ1) is 5.77. The van der Waals surface area contributed by atoms with Gasteiger partial charge in [-0.2, -0.15) is 0 Å². The van der Waals surface area contributed by atoms with E-state index < -0.39 is 0 Å². The Balaban J connectivity index is 2.96. The molecule has 0 amide bonds. The Morgan fingerprint density at radius 1 is 1.33 bits per heavy atom. The van der Waals surface area contributed by atoms with Crippen LogP contribution in [0.25, 0.3) is 0 Å². The minimum atomic E-state index is 0.610. The van der Waals surface area contributed by atoms with Gasteiger partial charge in [0.1, 0.15) is 0 Å². The van der Waals surface area contributed by atoms with Crippen LogP contribution in [-0.4, -0.2) is 44.5 Å². The van der Waals surface area contributed by atoms with Crippen molar-refractivity contribution in [3.8, 4) is 0 Å². The highest BCUT2D eigenvalue weighted by atomic mass is 35.5. The number of nitrogens with zero attached hydrogens (tertiary/aromatic N) is 1.